The van der Waals surface area contributed by atoms with Gasteiger partial charge in [-0.1, -0.05) is 0 Å². The molecule has 4 aliphatic rings. The summed E-state index contributed by atoms with van der Waals surface area (Å²) in [5.74, 6) is 12.8. The van der Waals surface area contributed by atoms with Gasteiger partial charge in [0.05, 0.1) is 0 Å². The van der Waals surface area contributed by atoms with E-state index >= 15 is 0 Å². The van der Waals surface area contributed by atoms with Crippen molar-refractivity contribution in [1.82, 2.24) is 0 Å². The van der Waals surface area contributed by atoms with E-state index < -0.39 is 5.41 Å². The van der Waals surface area contributed by atoms with Crippen molar-refractivity contribution in [3.8, 4) is 0 Å². The van der Waals surface area contributed by atoms with E-state index in [0.29, 0.717) is 25.7 Å². The molecule has 4 unspecified atom stereocenters. The smallest absolute Gasteiger partial charge is 0.134 e. The SMILES string of the molecule is O=C(CCSCC1CS1)CC(CC(=O)CCSCC1CS1)(CC(=O)CCSCC1CS1)CC(=O)CCSCC1CS1. The van der Waals surface area contributed by atoms with Gasteiger partial charge in [-0.2, -0.15) is 94.1 Å². The first-order valence-corrected chi connectivity index (χ1v) is 23.5. The van der Waals surface area contributed by atoms with Gasteiger partial charge in [-0.05, 0) is 5.41 Å². The fourth-order valence-corrected chi connectivity index (χ4v) is 12.6. The minimum Gasteiger partial charge on any atom is -0.300 e. The molecule has 12 heteroatoms. The minimum absolute atomic E-state index is 0.106. The zero-order valence-electron chi connectivity index (χ0n) is 23.9. The summed E-state index contributed by atoms with van der Waals surface area (Å²) in [6, 6.07) is 0. The Kier molecular flexibility index (Phi) is 16.6. The molecule has 0 bridgehead atoms. The topological polar surface area (TPSA) is 68.3 Å². The van der Waals surface area contributed by atoms with Crippen LogP contribution in [0.1, 0.15) is 51.4 Å². The lowest BCUT2D eigenvalue weighted by Gasteiger charge is -2.32. The Balaban J connectivity index is 1.34. The average Bonchev–Trinajstić information content (AvgIpc) is 3.76. The van der Waals surface area contributed by atoms with Gasteiger partial charge in [0.25, 0.3) is 0 Å². The van der Waals surface area contributed by atoms with E-state index in [1.54, 1.807) is 0 Å². The predicted molar refractivity (Wildman–Crippen MR) is 194 cm³/mol. The van der Waals surface area contributed by atoms with Crippen LogP contribution in [0.5, 0.6) is 0 Å². The highest BCUT2D eigenvalue weighted by atomic mass is 32.2. The molecule has 4 saturated heterocycles. The highest BCUT2D eigenvalue weighted by Crippen LogP contribution is 2.40. The normalized spacial score (nSPS) is 25.4. The van der Waals surface area contributed by atoms with E-state index in [-0.39, 0.29) is 48.8 Å². The molecule has 0 aliphatic carbocycles. The van der Waals surface area contributed by atoms with Gasteiger partial charge in [0.1, 0.15) is 23.1 Å². The van der Waals surface area contributed by atoms with Gasteiger partial charge in [-0.3, -0.25) is 19.2 Å². The van der Waals surface area contributed by atoms with Crippen molar-refractivity contribution in [2.75, 3.05) is 69.0 Å². The monoisotopic (exact) mass is 712 g/mol. The van der Waals surface area contributed by atoms with Crippen LogP contribution in [0.15, 0.2) is 0 Å². The Morgan fingerprint density at radius 3 is 0.878 bits per heavy atom. The Morgan fingerprint density at radius 1 is 0.463 bits per heavy atom. The van der Waals surface area contributed by atoms with Crippen LogP contribution in [0.4, 0.5) is 0 Å². The quantitative estimate of drug-likeness (QED) is 0.0636. The van der Waals surface area contributed by atoms with Gasteiger partial charge in [-0.15, -0.1) is 0 Å². The Labute approximate surface area is 281 Å². The lowest BCUT2D eigenvalue weighted by Crippen LogP contribution is -2.34. The summed E-state index contributed by atoms with van der Waals surface area (Å²) in [6.07, 6.45) is 2.55. The predicted octanol–water partition coefficient (Wildman–Crippen LogP) is 6.76. The highest BCUT2D eigenvalue weighted by molar-refractivity contribution is 8.09. The van der Waals surface area contributed by atoms with Crippen LogP contribution in [-0.4, -0.2) is 113 Å². The fourth-order valence-electron chi connectivity index (χ4n) is 4.66. The summed E-state index contributed by atoms with van der Waals surface area (Å²) in [6.45, 7) is 0. The molecular formula is C29H44O4S8. The molecular weight excluding hydrogens is 669 g/mol. The summed E-state index contributed by atoms with van der Waals surface area (Å²) in [5.41, 5.74) is -0.857. The molecule has 0 saturated carbocycles. The van der Waals surface area contributed by atoms with Crippen LogP contribution < -0.4 is 0 Å². The van der Waals surface area contributed by atoms with E-state index in [9.17, 15) is 19.2 Å². The molecule has 4 fully saturated rings. The first-order valence-electron chi connectivity index (χ1n) is 14.7. The van der Waals surface area contributed by atoms with Crippen molar-refractivity contribution in [3.63, 3.8) is 0 Å². The second kappa shape index (κ2) is 19.2. The molecule has 232 valence electrons. The second-order valence-corrected chi connectivity index (χ2v) is 21.4. The maximum absolute atomic E-state index is 13.3. The summed E-state index contributed by atoms with van der Waals surface area (Å²) in [7, 11) is 0. The Bertz CT molecular complexity index is 729. The highest BCUT2D eigenvalue weighted by Gasteiger charge is 2.39. The summed E-state index contributed by atoms with van der Waals surface area (Å²) in [5, 5.41) is 2.97. The third kappa shape index (κ3) is 17.1. The number of rotatable bonds is 28. The molecule has 4 rings (SSSR count). The van der Waals surface area contributed by atoms with E-state index in [4.69, 9.17) is 0 Å². The standard InChI is InChI=1S/C29H44O4S8/c30-21(1-5-34-13-25-17-38-25)9-29(10-22(31)2-6-35-14-26-18-39-26,11-23(32)3-7-36-15-27-19-40-27)12-24(33)4-8-37-16-28-20-41-28/h25-28H,1-20H2. The zero-order chi connectivity index (χ0) is 28.9. The van der Waals surface area contributed by atoms with Gasteiger partial charge >= 0.3 is 0 Å². The zero-order valence-corrected chi connectivity index (χ0v) is 30.4. The minimum atomic E-state index is -0.857. The Hall–Kier alpha value is 1.48. The van der Waals surface area contributed by atoms with E-state index in [1.807, 2.05) is 94.1 Å². The van der Waals surface area contributed by atoms with Gasteiger partial charge in [-0.25, -0.2) is 0 Å². The van der Waals surface area contributed by atoms with Crippen molar-refractivity contribution in [3.05, 3.63) is 0 Å². The third-order valence-corrected chi connectivity index (χ3v) is 16.5. The van der Waals surface area contributed by atoms with Crippen LogP contribution in [0.25, 0.3) is 0 Å². The van der Waals surface area contributed by atoms with Crippen LogP contribution in [-0.2, 0) is 19.2 Å². The van der Waals surface area contributed by atoms with Gasteiger partial charge in [0, 0.05) is 141 Å². The number of hydrogen-bond donors (Lipinski definition) is 0. The molecule has 0 aromatic carbocycles. The molecule has 0 N–H and O–H groups in total. The van der Waals surface area contributed by atoms with Crippen molar-refractivity contribution in [2.45, 2.75) is 72.4 Å². The van der Waals surface area contributed by atoms with E-state index in [1.165, 1.54) is 23.0 Å². The fraction of sp³-hybridized carbons (Fsp3) is 0.862. The first-order chi connectivity index (χ1) is 19.9. The summed E-state index contributed by atoms with van der Waals surface area (Å²) >= 11 is 15.2. The van der Waals surface area contributed by atoms with Gasteiger partial charge < -0.3 is 0 Å². The summed E-state index contributed by atoms with van der Waals surface area (Å²) in [4.78, 5) is 53.3. The summed E-state index contributed by atoms with van der Waals surface area (Å²) < 4.78 is 0. The van der Waals surface area contributed by atoms with E-state index in [0.717, 1.165) is 67.0 Å². The third-order valence-electron chi connectivity index (χ3n) is 7.21. The molecule has 41 heavy (non-hydrogen) atoms. The number of ketones is 4. The maximum atomic E-state index is 13.3. The number of carbonyl (C=O) groups excluding carboxylic acids is 4. The van der Waals surface area contributed by atoms with Crippen molar-refractivity contribution >= 4 is 117 Å². The maximum Gasteiger partial charge on any atom is 0.134 e. The molecule has 0 radical (unpaired) electrons. The number of carbonyl (C=O) groups is 4. The molecule has 0 spiro atoms. The van der Waals surface area contributed by atoms with Crippen molar-refractivity contribution < 1.29 is 19.2 Å². The molecule has 0 amide bonds. The lowest BCUT2D eigenvalue weighted by molar-refractivity contribution is -0.130. The van der Waals surface area contributed by atoms with Gasteiger partial charge in [0.2, 0.25) is 0 Å². The molecule has 4 heterocycles. The number of thioether (sulfide) groups is 8. The van der Waals surface area contributed by atoms with Crippen molar-refractivity contribution in [2.24, 2.45) is 5.41 Å². The van der Waals surface area contributed by atoms with Crippen LogP contribution in [0.3, 0.4) is 0 Å². The molecule has 4 aliphatic heterocycles. The number of hydrogen-bond acceptors (Lipinski definition) is 12. The van der Waals surface area contributed by atoms with E-state index in [2.05, 4.69) is 0 Å². The largest absolute Gasteiger partial charge is 0.300 e. The Morgan fingerprint density at radius 2 is 0.683 bits per heavy atom. The number of Topliss-reactive ketones (excluding diaryl/α,β-unsaturated/α-hetero) is 4. The van der Waals surface area contributed by atoms with Crippen LogP contribution >= 0.6 is 94.1 Å². The van der Waals surface area contributed by atoms with Crippen LogP contribution in [0.2, 0.25) is 0 Å². The molecule has 0 aromatic heterocycles. The second-order valence-electron chi connectivity index (χ2n) is 11.5. The molecule has 0 aromatic rings. The average molecular weight is 713 g/mol. The lowest BCUT2D eigenvalue weighted by atomic mass is 9.70. The van der Waals surface area contributed by atoms with Gasteiger partial charge in [0.15, 0.2) is 0 Å². The van der Waals surface area contributed by atoms with Crippen LogP contribution in [0, 0.1) is 5.41 Å². The van der Waals surface area contributed by atoms with Crippen molar-refractivity contribution in [1.29, 1.82) is 0 Å². The molecule has 4 atom stereocenters. The molecule has 4 nitrogen and oxygen atoms in total. The first kappa shape index (κ1) is 35.3.